The summed E-state index contributed by atoms with van der Waals surface area (Å²) in [6, 6.07) is 5.75. The number of amides is 1. The molecule has 0 saturated carbocycles. The second kappa shape index (κ2) is 8.66. The first-order valence-corrected chi connectivity index (χ1v) is 9.04. The predicted octanol–water partition coefficient (Wildman–Crippen LogP) is 2.97. The number of nitrogens with one attached hydrogen (secondary N) is 1. The first-order chi connectivity index (χ1) is 12.3. The van der Waals surface area contributed by atoms with Crippen molar-refractivity contribution in [1.82, 2.24) is 9.97 Å². The SMILES string of the molecule is CCOC(=O)c1cnc(SC(C)C(=O)Nc2cccc(C)c2C)nc1N. The van der Waals surface area contributed by atoms with Crippen LogP contribution >= 0.6 is 11.8 Å². The minimum atomic E-state index is -0.567. The van der Waals surface area contributed by atoms with Gasteiger partial charge in [0.1, 0.15) is 11.4 Å². The molecule has 0 aliphatic heterocycles. The third-order valence-corrected chi connectivity index (χ3v) is 4.78. The van der Waals surface area contributed by atoms with Gasteiger partial charge in [-0.3, -0.25) is 4.79 Å². The molecule has 1 aromatic heterocycles. The van der Waals surface area contributed by atoms with Crippen molar-refractivity contribution in [2.75, 3.05) is 17.7 Å². The molecule has 0 fully saturated rings. The molecule has 2 rings (SSSR count). The van der Waals surface area contributed by atoms with Crippen molar-refractivity contribution >= 4 is 35.1 Å². The third-order valence-electron chi connectivity index (χ3n) is 3.81. The van der Waals surface area contributed by atoms with Gasteiger partial charge in [-0.25, -0.2) is 14.8 Å². The van der Waals surface area contributed by atoms with Crippen LogP contribution < -0.4 is 11.1 Å². The average Bonchev–Trinajstić information content (AvgIpc) is 2.59. The fourth-order valence-corrected chi connectivity index (χ4v) is 2.88. The molecule has 0 spiro atoms. The fourth-order valence-electron chi connectivity index (χ4n) is 2.13. The molecule has 2 aromatic rings. The molecular weight excluding hydrogens is 352 g/mol. The second-order valence-electron chi connectivity index (χ2n) is 5.67. The second-order valence-corrected chi connectivity index (χ2v) is 6.98. The van der Waals surface area contributed by atoms with Crippen LogP contribution in [0.15, 0.2) is 29.6 Å². The summed E-state index contributed by atoms with van der Waals surface area (Å²) in [5, 5.41) is 2.79. The number of aromatic nitrogens is 2. The summed E-state index contributed by atoms with van der Waals surface area (Å²) >= 11 is 1.16. The van der Waals surface area contributed by atoms with Gasteiger partial charge in [0.15, 0.2) is 5.16 Å². The summed E-state index contributed by atoms with van der Waals surface area (Å²) in [6.07, 6.45) is 1.32. The number of rotatable bonds is 6. The zero-order chi connectivity index (χ0) is 19.3. The molecule has 0 radical (unpaired) electrons. The van der Waals surface area contributed by atoms with E-state index in [0.29, 0.717) is 5.16 Å². The lowest BCUT2D eigenvalue weighted by atomic mass is 10.1. The molecular formula is C18H22N4O3S. The van der Waals surface area contributed by atoms with E-state index in [0.717, 1.165) is 28.6 Å². The van der Waals surface area contributed by atoms with E-state index in [9.17, 15) is 9.59 Å². The first-order valence-electron chi connectivity index (χ1n) is 8.16. The summed E-state index contributed by atoms with van der Waals surface area (Å²) < 4.78 is 4.89. The number of ether oxygens (including phenoxy) is 1. The average molecular weight is 374 g/mol. The number of hydrogen-bond donors (Lipinski definition) is 2. The minimum absolute atomic E-state index is 0.0306. The largest absolute Gasteiger partial charge is 0.462 e. The standard InChI is InChI=1S/C18H22N4O3S/c1-5-25-17(24)13-9-20-18(22-15(13)19)26-12(4)16(23)21-14-8-6-7-10(2)11(14)3/h6-9,12H,5H2,1-4H3,(H,21,23)(H2,19,20,22). The Balaban J connectivity index is 2.06. The summed E-state index contributed by atoms with van der Waals surface area (Å²) in [5.74, 6) is -0.703. The van der Waals surface area contributed by atoms with E-state index in [1.54, 1.807) is 13.8 Å². The maximum Gasteiger partial charge on any atom is 0.343 e. The minimum Gasteiger partial charge on any atom is -0.462 e. The smallest absolute Gasteiger partial charge is 0.343 e. The van der Waals surface area contributed by atoms with Crippen LogP contribution in [-0.2, 0) is 9.53 Å². The monoisotopic (exact) mass is 374 g/mol. The lowest BCUT2D eigenvalue weighted by Gasteiger charge is -2.14. The van der Waals surface area contributed by atoms with E-state index in [4.69, 9.17) is 10.5 Å². The summed E-state index contributed by atoms with van der Waals surface area (Å²) in [4.78, 5) is 32.3. The van der Waals surface area contributed by atoms with Gasteiger partial charge in [0.2, 0.25) is 5.91 Å². The Labute approximate surface area is 156 Å². The molecule has 1 heterocycles. The van der Waals surface area contributed by atoms with Gasteiger partial charge in [-0.1, -0.05) is 23.9 Å². The van der Waals surface area contributed by atoms with Crippen LogP contribution in [0.25, 0.3) is 0 Å². The molecule has 1 atom stereocenters. The topological polar surface area (TPSA) is 107 Å². The van der Waals surface area contributed by atoms with Gasteiger partial charge in [-0.2, -0.15) is 0 Å². The highest BCUT2D eigenvalue weighted by Gasteiger charge is 2.19. The maximum atomic E-state index is 12.4. The van der Waals surface area contributed by atoms with E-state index < -0.39 is 11.2 Å². The van der Waals surface area contributed by atoms with Crippen LogP contribution in [-0.4, -0.2) is 33.7 Å². The zero-order valence-corrected chi connectivity index (χ0v) is 16.0. The van der Waals surface area contributed by atoms with Crippen LogP contribution in [0.4, 0.5) is 11.5 Å². The van der Waals surface area contributed by atoms with Crippen molar-refractivity contribution in [3.63, 3.8) is 0 Å². The van der Waals surface area contributed by atoms with E-state index in [1.807, 2.05) is 32.0 Å². The highest BCUT2D eigenvalue weighted by atomic mass is 32.2. The van der Waals surface area contributed by atoms with Crippen molar-refractivity contribution < 1.29 is 14.3 Å². The lowest BCUT2D eigenvalue weighted by Crippen LogP contribution is -2.23. The van der Waals surface area contributed by atoms with Gasteiger partial charge in [-0.15, -0.1) is 0 Å². The molecule has 0 aliphatic carbocycles. The Morgan fingerprint density at radius 3 is 2.73 bits per heavy atom. The molecule has 7 nitrogen and oxygen atoms in total. The first kappa shape index (κ1) is 19.7. The Morgan fingerprint density at radius 2 is 2.08 bits per heavy atom. The number of aryl methyl sites for hydroxylation is 1. The Kier molecular flexibility index (Phi) is 6.57. The van der Waals surface area contributed by atoms with E-state index in [2.05, 4.69) is 15.3 Å². The summed E-state index contributed by atoms with van der Waals surface area (Å²) in [5.41, 5.74) is 8.82. The van der Waals surface area contributed by atoms with E-state index in [1.165, 1.54) is 6.20 Å². The predicted molar refractivity (Wildman–Crippen MR) is 102 cm³/mol. The zero-order valence-electron chi connectivity index (χ0n) is 15.2. The van der Waals surface area contributed by atoms with Gasteiger partial charge in [0.05, 0.1) is 11.9 Å². The quantitative estimate of drug-likeness (QED) is 0.455. The maximum absolute atomic E-state index is 12.4. The molecule has 1 aromatic carbocycles. The van der Waals surface area contributed by atoms with Gasteiger partial charge in [0, 0.05) is 11.9 Å². The van der Waals surface area contributed by atoms with Crippen molar-refractivity contribution in [3.05, 3.63) is 41.1 Å². The highest BCUT2D eigenvalue weighted by molar-refractivity contribution is 8.00. The van der Waals surface area contributed by atoms with Crippen molar-refractivity contribution in [2.45, 2.75) is 38.1 Å². The molecule has 0 bridgehead atoms. The molecule has 0 aliphatic rings. The Bertz CT molecular complexity index is 826. The van der Waals surface area contributed by atoms with Gasteiger partial charge >= 0.3 is 5.97 Å². The van der Waals surface area contributed by atoms with Gasteiger partial charge in [-0.05, 0) is 44.9 Å². The molecule has 1 amide bonds. The molecule has 3 N–H and O–H groups in total. The number of carbonyl (C=O) groups is 2. The number of thioether (sulfide) groups is 1. The Morgan fingerprint density at radius 1 is 1.35 bits per heavy atom. The van der Waals surface area contributed by atoms with Gasteiger partial charge < -0.3 is 15.8 Å². The number of nitrogens with two attached hydrogens (primary N) is 1. The van der Waals surface area contributed by atoms with Crippen molar-refractivity contribution in [2.24, 2.45) is 0 Å². The lowest BCUT2D eigenvalue weighted by molar-refractivity contribution is -0.115. The fraction of sp³-hybridized carbons (Fsp3) is 0.333. The normalized spacial score (nSPS) is 11.7. The molecule has 0 saturated heterocycles. The van der Waals surface area contributed by atoms with E-state index >= 15 is 0 Å². The van der Waals surface area contributed by atoms with Crippen LogP contribution in [0.2, 0.25) is 0 Å². The third kappa shape index (κ3) is 4.72. The summed E-state index contributed by atoms with van der Waals surface area (Å²) in [7, 11) is 0. The van der Waals surface area contributed by atoms with Gasteiger partial charge in [0.25, 0.3) is 0 Å². The molecule has 8 heteroatoms. The number of nitrogens with zero attached hydrogens (tertiary/aromatic N) is 2. The highest BCUT2D eigenvalue weighted by Crippen LogP contribution is 2.24. The van der Waals surface area contributed by atoms with E-state index in [-0.39, 0.29) is 23.9 Å². The Hall–Kier alpha value is -2.61. The van der Waals surface area contributed by atoms with Crippen molar-refractivity contribution in [1.29, 1.82) is 0 Å². The number of carbonyl (C=O) groups excluding carboxylic acids is 2. The number of nitrogen functional groups attached to an aromatic ring is 1. The van der Waals surface area contributed by atoms with Crippen molar-refractivity contribution in [3.8, 4) is 0 Å². The van der Waals surface area contributed by atoms with Crippen LogP contribution in [0.5, 0.6) is 0 Å². The summed E-state index contributed by atoms with van der Waals surface area (Å²) in [6.45, 7) is 7.65. The number of esters is 1. The molecule has 1 unspecified atom stereocenters. The van der Waals surface area contributed by atoms with Crippen LogP contribution in [0.1, 0.15) is 35.3 Å². The van der Waals surface area contributed by atoms with Crippen LogP contribution in [0.3, 0.4) is 0 Å². The number of hydrogen-bond acceptors (Lipinski definition) is 7. The number of anilines is 2. The molecule has 138 valence electrons. The van der Waals surface area contributed by atoms with Crippen LogP contribution in [0, 0.1) is 13.8 Å². The molecule has 26 heavy (non-hydrogen) atoms. The number of benzene rings is 1.